The van der Waals surface area contributed by atoms with Crippen molar-refractivity contribution in [3.8, 4) is 17.1 Å². The average Bonchev–Trinajstić information content (AvgIpc) is 2.81. The summed E-state index contributed by atoms with van der Waals surface area (Å²) >= 11 is 3.12. The number of carbonyl (C=O) groups is 2. The lowest BCUT2D eigenvalue weighted by Crippen LogP contribution is -2.28. The van der Waals surface area contributed by atoms with Crippen LogP contribution in [0.3, 0.4) is 0 Å². The van der Waals surface area contributed by atoms with Crippen LogP contribution < -0.4 is 10.5 Å². The number of halogens is 2. The van der Waals surface area contributed by atoms with Crippen LogP contribution in [0.5, 0.6) is 5.75 Å². The predicted octanol–water partition coefficient (Wildman–Crippen LogP) is 1.64. The highest BCUT2D eigenvalue weighted by Crippen LogP contribution is 2.37. The second-order valence-corrected chi connectivity index (χ2v) is 6.31. The largest absolute Gasteiger partial charge is 0.491 e. The molecule has 1 aliphatic rings. The minimum absolute atomic E-state index is 0.0967. The van der Waals surface area contributed by atoms with Gasteiger partial charge in [0, 0.05) is 20.2 Å². The number of ether oxygens (including phenoxy) is 1. The van der Waals surface area contributed by atoms with E-state index in [4.69, 9.17) is 10.5 Å². The van der Waals surface area contributed by atoms with Gasteiger partial charge in [-0.15, -0.1) is 0 Å². The number of nitrogens with zero attached hydrogens (tertiary/aromatic N) is 3. The standard InChI is InChI=1S/C15H14BrFN4O3/c1-20(2)15(23)12-11(13(18)22)19-14-7-5-8(16)9(17)6-10(7)24-4-3-21(12)14/h5-6H,3-4H2,1-2H3,(H2,18,22). The minimum atomic E-state index is -0.801. The van der Waals surface area contributed by atoms with Gasteiger partial charge in [-0.25, -0.2) is 9.37 Å². The number of aromatic nitrogens is 2. The summed E-state index contributed by atoms with van der Waals surface area (Å²) in [6, 6.07) is 2.74. The number of hydrogen-bond acceptors (Lipinski definition) is 4. The molecule has 2 heterocycles. The fraction of sp³-hybridized carbons (Fsp3) is 0.267. The molecule has 0 spiro atoms. The molecule has 0 bridgehead atoms. The van der Waals surface area contributed by atoms with Crippen LogP contribution >= 0.6 is 15.9 Å². The summed E-state index contributed by atoms with van der Waals surface area (Å²) in [5, 5.41) is 0. The highest BCUT2D eigenvalue weighted by Gasteiger charge is 2.30. The molecule has 7 nitrogen and oxygen atoms in total. The highest BCUT2D eigenvalue weighted by molar-refractivity contribution is 9.10. The monoisotopic (exact) mass is 396 g/mol. The summed E-state index contributed by atoms with van der Waals surface area (Å²) in [4.78, 5) is 29.8. The maximum Gasteiger partial charge on any atom is 0.272 e. The van der Waals surface area contributed by atoms with Crippen molar-refractivity contribution in [2.45, 2.75) is 6.54 Å². The van der Waals surface area contributed by atoms with Crippen LogP contribution in [0.1, 0.15) is 21.0 Å². The Morgan fingerprint density at radius 3 is 2.75 bits per heavy atom. The number of benzene rings is 1. The Kier molecular flexibility index (Phi) is 4.04. The quantitative estimate of drug-likeness (QED) is 0.835. The molecule has 0 radical (unpaired) electrons. The number of hydrogen-bond donors (Lipinski definition) is 1. The zero-order chi connectivity index (χ0) is 17.6. The van der Waals surface area contributed by atoms with E-state index in [0.29, 0.717) is 17.1 Å². The van der Waals surface area contributed by atoms with Crippen molar-refractivity contribution in [1.29, 1.82) is 0 Å². The Bertz CT molecular complexity index is 863. The van der Waals surface area contributed by atoms with E-state index in [9.17, 15) is 14.0 Å². The Morgan fingerprint density at radius 2 is 2.12 bits per heavy atom. The lowest BCUT2D eigenvalue weighted by molar-refractivity contribution is 0.0809. The molecule has 0 fully saturated rings. The van der Waals surface area contributed by atoms with Crippen molar-refractivity contribution < 1.29 is 18.7 Å². The first-order valence-electron chi connectivity index (χ1n) is 7.05. The number of nitrogens with two attached hydrogens (primary N) is 1. The van der Waals surface area contributed by atoms with Crippen LogP contribution in [0, 0.1) is 5.82 Å². The fourth-order valence-electron chi connectivity index (χ4n) is 2.55. The summed E-state index contributed by atoms with van der Waals surface area (Å²) < 4.78 is 21.1. The van der Waals surface area contributed by atoms with Crippen molar-refractivity contribution in [1.82, 2.24) is 14.5 Å². The van der Waals surface area contributed by atoms with Gasteiger partial charge in [-0.3, -0.25) is 9.59 Å². The van der Waals surface area contributed by atoms with E-state index >= 15 is 0 Å². The molecule has 126 valence electrons. The molecular weight excluding hydrogens is 383 g/mol. The van der Waals surface area contributed by atoms with Crippen molar-refractivity contribution in [3.63, 3.8) is 0 Å². The normalized spacial score (nSPS) is 12.7. The zero-order valence-electron chi connectivity index (χ0n) is 13.0. The first-order valence-corrected chi connectivity index (χ1v) is 7.84. The average molecular weight is 397 g/mol. The fourth-order valence-corrected chi connectivity index (χ4v) is 2.89. The van der Waals surface area contributed by atoms with Crippen molar-refractivity contribution in [2.24, 2.45) is 5.73 Å². The Balaban J connectivity index is 2.31. The molecule has 2 aromatic rings. The number of primary amides is 1. The molecule has 0 atom stereocenters. The van der Waals surface area contributed by atoms with Crippen LogP contribution in [0.25, 0.3) is 11.4 Å². The van der Waals surface area contributed by atoms with E-state index in [0.717, 1.165) is 0 Å². The molecule has 0 aliphatic carbocycles. The number of imidazole rings is 1. The van der Waals surface area contributed by atoms with Crippen LogP contribution in [-0.4, -0.2) is 47.0 Å². The van der Waals surface area contributed by atoms with Crippen molar-refractivity contribution in [3.05, 3.63) is 33.8 Å². The van der Waals surface area contributed by atoms with E-state index < -0.39 is 17.6 Å². The summed E-state index contributed by atoms with van der Waals surface area (Å²) in [6.45, 7) is 0.474. The zero-order valence-corrected chi connectivity index (χ0v) is 14.6. The lowest BCUT2D eigenvalue weighted by atomic mass is 10.2. The molecule has 0 unspecified atom stereocenters. The smallest absolute Gasteiger partial charge is 0.272 e. The topological polar surface area (TPSA) is 90.5 Å². The molecular formula is C15H14BrFN4O3. The van der Waals surface area contributed by atoms with Gasteiger partial charge < -0.3 is 19.9 Å². The number of rotatable bonds is 2. The molecule has 2 amide bonds. The highest BCUT2D eigenvalue weighted by atomic mass is 79.9. The van der Waals surface area contributed by atoms with Gasteiger partial charge in [-0.2, -0.15) is 0 Å². The van der Waals surface area contributed by atoms with Crippen LogP contribution in [0.2, 0.25) is 0 Å². The second kappa shape index (κ2) is 5.90. The Labute approximate surface area is 145 Å². The number of amides is 2. The minimum Gasteiger partial charge on any atom is -0.491 e. The molecule has 1 aromatic heterocycles. The molecule has 0 saturated carbocycles. The molecule has 9 heteroatoms. The predicted molar refractivity (Wildman–Crippen MR) is 87.4 cm³/mol. The first-order chi connectivity index (χ1) is 11.3. The van der Waals surface area contributed by atoms with Crippen LogP contribution in [0.4, 0.5) is 4.39 Å². The van der Waals surface area contributed by atoms with Gasteiger partial charge in [-0.05, 0) is 22.0 Å². The SMILES string of the molecule is CN(C)C(=O)c1c(C(N)=O)nc2n1CCOc1cc(F)c(Br)cc1-2. The first kappa shape index (κ1) is 16.4. The van der Waals surface area contributed by atoms with Gasteiger partial charge >= 0.3 is 0 Å². The lowest BCUT2D eigenvalue weighted by Gasteiger charge is -2.13. The molecule has 1 aliphatic heterocycles. The number of carbonyl (C=O) groups excluding carboxylic acids is 2. The number of fused-ring (bicyclic) bond motifs is 3. The second-order valence-electron chi connectivity index (χ2n) is 5.46. The third kappa shape index (κ3) is 2.54. The summed E-state index contributed by atoms with van der Waals surface area (Å²) in [5.41, 5.74) is 5.85. The van der Waals surface area contributed by atoms with Crippen molar-refractivity contribution in [2.75, 3.05) is 20.7 Å². The van der Waals surface area contributed by atoms with Crippen LogP contribution in [-0.2, 0) is 6.54 Å². The van der Waals surface area contributed by atoms with Gasteiger partial charge in [0.1, 0.15) is 29.7 Å². The van der Waals surface area contributed by atoms with Crippen LogP contribution in [0.15, 0.2) is 16.6 Å². The van der Waals surface area contributed by atoms with E-state index in [1.165, 1.54) is 17.0 Å². The summed E-state index contributed by atoms with van der Waals surface area (Å²) in [7, 11) is 3.14. The third-order valence-electron chi connectivity index (χ3n) is 3.65. The van der Waals surface area contributed by atoms with E-state index in [2.05, 4.69) is 20.9 Å². The third-order valence-corrected chi connectivity index (χ3v) is 4.25. The Hall–Kier alpha value is -2.42. The van der Waals surface area contributed by atoms with Gasteiger partial charge in [0.2, 0.25) is 0 Å². The van der Waals surface area contributed by atoms with E-state index in [1.807, 2.05) is 0 Å². The van der Waals surface area contributed by atoms with Crippen molar-refractivity contribution >= 4 is 27.7 Å². The maximum absolute atomic E-state index is 13.8. The van der Waals surface area contributed by atoms with E-state index in [1.54, 1.807) is 18.7 Å². The summed E-state index contributed by atoms with van der Waals surface area (Å²) in [5.74, 6) is -1.05. The molecule has 0 saturated heterocycles. The van der Waals surface area contributed by atoms with Gasteiger partial charge in [0.15, 0.2) is 5.69 Å². The van der Waals surface area contributed by atoms with Gasteiger partial charge in [0.05, 0.1) is 16.6 Å². The summed E-state index contributed by atoms with van der Waals surface area (Å²) in [6.07, 6.45) is 0. The molecule has 3 rings (SSSR count). The van der Waals surface area contributed by atoms with E-state index in [-0.39, 0.29) is 29.0 Å². The van der Waals surface area contributed by atoms with Gasteiger partial charge in [0.25, 0.3) is 11.8 Å². The molecule has 2 N–H and O–H groups in total. The molecule has 1 aromatic carbocycles. The van der Waals surface area contributed by atoms with Gasteiger partial charge in [-0.1, -0.05) is 0 Å². The maximum atomic E-state index is 13.8. The Morgan fingerprint density at radius 1 is 1.42 bits per heavy atom. The molecule has 24 heavy (non-hydrogen) atoms.